The summed E-state index contributed by atoms with van der Waals surface area (Å²) < 4.78 is 11.8. The van der Waals surface area contributed by atoms with Crippen molar-refractivity contribution in [1.29, 1.82) is 0 Å². The molecule has 3 rings (SSSR count). The van der Waals surface area contributed by atoms with Crippen LogP contribution in [0.25, 0.3) is 10.2 Å². The first-order valence-electron chi connectivity index (χ1n) is 9.16. The second-order valence-electron chi connectivity index (χ2n) is 6.85. The molecule has 0 N–H and O–H groups in total. The van der Waals surface area contributed by atoms with E-state index in [1.165, 1.54) is 11.3 Å². The highest BCUT2D eigenvalue weighted by atomic mass is 35.5. The first-order chi connectivity index (χ1) is 13.9. The Morgan fingerprint density at radius 1 is 1.17 bits per heavy atom. The van der Waals surface area contributed by atoms with Crippen molar-refractivity contribution in [3.05, 3.63) is 47.0 Å². The highest BCUT2D eigenvalue weighted by Crippen LogP contribution is 2.35. The van der Waals surface area contributed by atoms with Gasteiger partial charge in [0, 0.05) is 19.2 Å². The minimum absolute atomic E-state index is 0. The lowest BCUT2D eigenvalue weighted by molar-refractivity contribution is -0.120. The molecule has 0 bridgehead atoms. The fraction of sp³-hybridized carbons (Fsp3) is 0.333. The number of nitrogens with zero attached hydrogens (tertiary/aromatic N) is 3. The van der Waals surface area contributed by atoms with Crippen molar-refractivity contribution in [2.24, 2.45) is 0 Å². The smallest absolute Gasteiger partial charge is 0.266 e. The molecule has 1 aromatic heterocycles. The Morgan fingerprint density at radius 2 is 1.90 bits per heavy atom. The second kappa shape index (κ2) is 10.8. The number of fused-ring (bicyclic) bond motifs is 1. The summed E-state index contributed by atoms with van der Waals surface area (Å²) in [7, 11) is 5.52. The number of thiazole rings is 1. The van der Waals surface area contributed by atoms with Gasteiger partial charge >= 0.3 is 0 Å². The van der Waals surface area contributed by atoms with Gasteiger partial charge in [0.15, 0.2) is 11.7 Å². The number of aryl methyl sites for hydroxylation is 1. The van der Waals surface area contributed by atoms with Gasteiger partial charge in [-0.05, 0) is 44.8 Å². The molecule has 0 radical (unpaired) electrons. The van der Waals surface area contributed by atoms with Gasteiger partial charge in [0.05, 0.1) is 22.3 Å². The summed E-state index contributed by atoms with van der Waals surface area (Å²) in [5.41, 5.74) is 1.86. The molecule has 6 nitrogen and oxygen atoms in total. The summed E-state index contributed by atoms with van der Waals surface area (Å²) in [4.78, 5) is 21.4. The molecule has 0 atom stereocenters. The Hall–Kier alpha value is -2.06. The average Bonchev–Trinajstić information content (AvgIpc) is 3.16. The molecule has 0 fully saturated rings. The lowest BCUT2D eigenvalue weighted by Gasteiger charge is -2.22. The van der Waals surface area contributed by atoms with Crippen LogP contribution < -0.4 is 14.4 Å². The van der Waals surface area contributed by atoms with E-state index in [1.54, 1.807) is 24.1 Å². The topological polar surface area (TPSA) is 54.9 Å². The number of amides is 1. The number of carbonyl (C=O) groups excluding carboxylic acids is 1. The molecule has 3 aromatic rings. The van der Waals surface area contributed by atoms with Gasteiger partial charge in [-0.15, -0.1) is 12.4 Å². The maximum Gasteiger partial charge on any atom is 0.266 e. The van der Waals surface area contributed by atoms with Gasteiger partial charge in [0.25, 0.3) is 5.91 Å². The zero-order chi connectivity index (χ0) is 21.0. The summed E-state index contributed by atoms with van der Waals surface area (Å²) in [5.74, 6) is 1.09. The standard InChI is InChI=1S/C21H24ClN3O3S.ClH/c1-14-8-9-17(22)20-19(14)23-21(29-20)25(11-10-24(2)3)18(26)13-28-16-7-5-6-15(12-16)27-4;/h5-9,12H,10-11,13H2,1-4H3;1H. The number of halogens is 2. The number of benzene rings is 2. The number of methoxy groups -OCH3 is 1. The van der Waals surface area contributed by atoms with Gasteiger partial charge in [-0.1, -0.05) is 35.1 Å². The molecule has 0 aliphatic heterocycles. The number of likely N-dealkylation sites (N-methyl/N-ethyl adjacent to an activating group) is 1. The molecule has 2 aromatic carbocycles. The number of carbonyl (C=O) groups is 1. The molecule has 9 heteroatoms. The van der Waals surface area contributed by atoms with Crippen molar-refractivity contribution in [2.75, 3.05) is 45.8 Å². The van der Waals surface area contributed by atoms with E-state index in [1.807, 2.05) is 50.2 Å². The van der Waals surface area contributed by atoms with Crippen LogP contribution in [0.1, 0.15) is 5.56 Å². The molecule has 0 saturated heterocycles. The first-order valence-corrected chi connectivity index (χ1v) is 10.4. The van der Waals surface area contributed by atoms with Gasteiger partial charge in [-0.3, -0.25) is 9.69 Å². The molecule has 30 heavy (non-hydrogen) atoms. The fourth-order valence-electron chi connectivity index (χ4n) is 2.75. The Bertz CT molecular complexity index is 971. The monoisotopic (exact) mass is 469 g/mol. The molecule has 0 aliphatic carbocycles. The van der Waals surface area contributed by atoms with Crippen molar-refractivity contribution in [3.63, 3.8) is 0 Å². The molecule has 0 spiro atoms. The van der Waals surface area contributed by atoms with E-state index in [9.17, 15) is 4.79 Å². The Balaban J connectivity index is 0.00000320. The third-order valence-electron chi connectivity index (χ3n) is 4.39. The highest BCUT2D eigenvalue weighted by molar-refractivity contribution is 7.23. The van der Waals surface area contributed by atoms with Crippen LogP contribution in [0.3, 0.4) is 0 Å². The predicted octanol–water partition coefficient (Wildman–Crippen LogP) is 4.66. The predicted molar refractivity (Wildman–Crippen MR) is 126 cm³/mol. The van der Waals surface area contributed by atoms with Crippen LogP contribution in [0.15, 0.2) is 36.4 Å². The Labute approximate surface area is 191 Å². The number of hydrogen-bond donors (Lipinski definition) is 0. The quantitative estimate of drug-likeness (QED) is 0.479. The zero-order valence-electron chi connectivity index (χ0n) is 17.3. The van der Waals surface area contributed by atoms with Crippen LogP contribution in [-0.2, 0) is 4.79 Å². The first kappa shape index (κ1) is 24.2. The maximum absolute atomic E-state index is 13.0. The van der Waals surface area contributed by atoms with E-state index in [-0.39, 0.29) is 24.9 Å². The number of aromatic nitrogens is 1. The highest BCUT2D eigenvalue weighted by Gasteiger charge is 2.22. The van der Waals surface area contributed by atoms with E-state index >= 15 is 0 Å². The van der Waals surface area contributed by atoms with Crippen molar-refractivity contribution >= 4 is 56.6 Å². The van der Waals surface area contributed by atoms with Crippen LogP contribution in [0.2, 0.25) is 5.02 Å². The summed E-state index contributed by atoms with van der Waals surface area (Å²) in [6.07, 6.45) is 0. The molecule has 0 aliphatic rings. The molecule has 1 heterocycles. The van der Waals surface area contributed by atoms with Gasteiger partial charge < -0.3 is 14.4 Å². The molecule has 0 unspecified atom stereocenters. The molecular weight excluding hydrogens is 445 g/mol. The van der Waals surface area contributed by atoms with Crippen LogP contribution >= 0.6 is 35.3 Å². The largest absolute Gasteiger partial charge is 0.497 e. The van der Waals surface area contributed by atoms with E-state index in [2.05, 4.69) is 0 Å². The van der Waals surface area contributed by atoms with Crippen molar-refractivity contribution in [2.45, 2.75) is 6.92 Å². The zero-order valence-corrected chi connectivity index (χ0v) is 19.7. The van der Waals surface area contributed by atoms with Crippen molar-refractivity contribution in [3.8, 4) is 11.5 Å². The lowest BCUT2D eigenvalue weighted by Crippen LogP contribution is -2.39. The summed E-state index contributed by atoms with van der Waals surface area (Å²) in [6, 6.07) is 11.0. The number of hydrogen-bond acceptors (Lipinski definition) is 6. The van der Waals surface area contributed by atoms with Crippen LogP contribution in [0.5, 0.6) is 11.5 Å². The van der Waals surface area contributed by atoms with E-state index in [0.717, 1.165) is 15.8 Å². The molecule has 162 valence electrons. The molecule has 1 amide bonds. The SMILES string of the molecule is COc1cccc(OCC(=O)N(CCN(C)C)c2nc3c(C)ccc(Cl)c3s2)c1.Cl. The fourth-order valence-corrected chi connectivity index (χ4v) is 4.11. The number of anilines is 1. The summed E-state index contributed by atoms with van der Waals surface area (Å²) >= 11 is 7.77. The van der Waals surface area contributed by atoms with Crippen LogP contribution in [-0.4, -0.2) is 56.7 Å². The van der Waals surface area contributed by atoms with Gasteiger partial charge in [0.2, 0.25) is 0 Å². The Kier molecular flexibility index (Phi) is 8.73. The van der Waals surface area contributed by atoms with Crippen molar-refractivity contribution in [1.82, 2.24) is 9.88 Å². The van der Waals surface area contributed by atoms with E-state index in [0.29, 0.717) is 34.7 Å². The van der Waals surface area contributed by atoms with Crippen LogP contribution in [0, 0.1) is 6.92 Å². The van der Waals surface area contributed by atoms with E-state index < -0.39 is 0 Å². The molecule has 0 saturated carbocycles. The lowest BCUT2D eigenvalue weighted by atomic mass is 10.2. The summed E-state index contributed by atoms with van der Waals surface area (Å²) in [6.45, 7) is 3.10. The van der Waals surface area contributed by atoms with Crippen molar-refractivity contribution < 1.29 is 14.3 Å². The minimum atomic E-state index is -0.164. The third kappa shape index (κ3) is 5.76. The average molecular weight is 470 g/mol. The summed E-state index contributed by atoms with van der Waals surface area (Å²) in [5, 5.41) is 1.26. The number of ether oxygens (including phenoxy) is 2. The van der Waals surface area contributed by atoms with Gasteiger partial charge in [-0.2, -0.15) is 0 Å². The molecular formula is C21H25Cl2N3O3S. The third-order valence-corrected chi connectivity index (χ3v) is 5.93. The van der Waals surface area contributed by atoms with Gasteiger partial charge in [-0.25, -0.2) is 4.98 Å². The number of rotatable bonds is 8. The normalized spacial score (nSPS) is 10.7. The van der Waals surface area contributed by atoms with Gasteiger partial charge in [0.1, 0.15) is 11.5 Å². The Morgan fingerprint density at radius 3 is 2.57 bits per heavy atom. The minimum Gasteiger partial charge on any atom is -0.497 e. The van der Waals surface area contributed by atoms with E-state index in [4.69, 9.17) is 26.1 Å². The maximum atomic E-state index is 13.0. The van der Waals surface area contributed by atoms with Crippen LogP contribution in [0.4, 0.5) is 5.13 Å². The second-order valence-corrected chi connectivity index (χ2v) is 8.24.